The standard InChI is InChI=1S/C16H16BrF3N2O3S/c17-14(9-23)13-6-5-12(7-15(13)26(21,24)25)22-8-10-1-3-11(4-2-10)16(18,19)20/h1-7,14,22-23H,8-9H2,(H2,21,24,25). The Labute approximate surface area is 157 Å². The van der Waals surface area contributed by atoms with E-state index in [1.807, 2.05) is 0 Å². The van der Waals surface area contributed by atoms with Crippen LogP contribution in [0, 0.1) is 0 Å². The van der Waals surface area contributed by atoms with Crippen LogP contribution >= 0.6 is 15.9 Å². The van der Waals surface area contributed by atoms with E-state index in [-0.39, 0.29) is 18.0 Å². The van der Waals surface area contributed by atoms with Crippen molar-refractivity contribution in [3.8, 4) is 0 Å². The molecule has 1 unspecified atom stereocenters. The Morgan fingerprint density at radius 1 is 1.15 bits per heavy atom. The molecule has 26 heavy (non-hydrogen) atoms. The molecule has 0 bridgehead atoms. The molecule has 2 rings (SSSR count). The zero-order valence-corrected chi connectivity index (χ0v) is 15.7. The topological polar surface area (TPSA) is 92.4 Å². The fourth-order valence-electron chi connectivity index (χ4n) is 2.26. The quantitative estimate of drug-likeness (QED) is 0.585. The molecule has 0 saturated carbocycles. The third kappa shape index (κ3) is 5.19. The smallest absolute Gasteiger partial charge is 0.395 e. The molecule has 2 aromatic carbocycles. The van der Waals surface area contributed by atoms with E-state index in [1.165, 1.54) is 24.3 Å². The van der Waals surface area contributed by atoms with Gasteiger partial charge in [-0.25, -0.2) is 13.6 Å². The van der Waals surface area contributed by atoms with Gasteiger partial charge in [0.15, 0.2) is 0 Å². The van der Waals surface area contributed by atoms with Crippen LogP contribution in [0.1, 0.15) is 21.5 Å². The monoisotopic (exact) mass is 452 g/mol. The highest BCUT2D eigenvalue weighted by molar-refractivity contribution is 9.09. The number of nitrogens with two attached hydrogens (primary N) is 1. The van der Waals surface area contributed by atoms with E-state index in [1.54, 1.807) is 6.07 Å². The summed E-state index contributed by atoms with van der Waals surface area (Å²) in [5.41, 5.74) is 0.591. The van der Waals surface area contributed by atoms with Gasteiger partial charge in [-0.15, -0.1) is 0 Å². The number of halogens is 4. The van der Waals surface area contributed by atoms with Crippen molar-refractivity contribution in [2.24, 2.45) is 5.14 Å². The number of anilines is 1. The largest absolute Gasteiger partial charge is 0.416 e. The first-order valence-corrected chi connectivity index (χ1v) is 9.80. The lowest BCUT2D eigenvalue weighted by Gasteiger charge is -2.15. The van der Waals surface area contributed by atoms with Gasteiger partial charge in [-0.05, 0) is 35.4 Å². The molecule has 2 aromatic rings. The predicted molar refractivity (Wildman–Crippen MR) is 95.3 cm³/mol. The Balaban J connectivity index is 2.20. The first kappa shape index (κ1) is 20.7. The van der Waals surface area contributed by atoms with Gasteiger partial charge in [0, 0.05) is 12.2 Å². The summed E-state index contributed by atoms with van der Waals surface area (Å²) in [4.78, 5) is -0.745. The molecule has 0 aliphatic heterocycles. The summed E-state index contributed by atoms with van der Waals surface area (Å²) in [6.07, 6.45) is -4.40. The average Bonchev–Trinajstić information content (AvgIpc) is 2.58. The molecule has 4 N–H and O–H groups in total. The number of aliphatic hydroxyl groups is 1. The number of primary sulfonamides is 1. The summed E-state index contributed by atoms with van der Waals surface area (Å²) in [5, 5.41) is 17.4. The minimum Gasteiger partial charge on any atom is -0.395 e. The second-order valence-corrected chi connectivity index (χ2v) is 8.13. The van der Waals surface area contributed by atoms with Gasteiger partial charge in [-0.2, -0.15) is 13.2 Å². The molecule has 0 heterocycles. The fraction of sp³-hybridized carbons (Fsp3) is 0.250. The van der Waals surface area contributed by atoms with Gasteiger partial charge in [-0.3, -0.25) is 0 Å². The zero-order valence-electron chi connectivity index (χ0n) is 13.3. The molecule has 10 heteroatoms. The van der Waals surface area contributed by atoms with Crippen LogP contribution in [-0.2, 0) is 22.7 Å². The van der Waals surface area contributed by atoms with Crippen LogP contribution in [0.3, 0.4) is 0 Å². The molecule has 0 aliphatic carbocycles. The SMILES string of the molecule is NS(=O)(=O)c1cc(NCc2ccc(C(F)(F)F)cc2)ccc1C(Br)CO. The van der Waals surface area contributed by atoms with Crippen molar-refractivity contribution in [3.05, 3.63) is 59.2 Å². The van der Waals surface area contributed by atoms with Gasteiger partial charge < -0.3 is 10.4 Å². The highest BCUT2D eigenvalue weighted by atomic mass is 79.9. The predicted octanol–water partition coefficient (Wildman–Crippen LogP) is 3.39. The van der Waals surface area contributed by atoms with Crippen LogP contribution < -0.4 is 10.5 Å². The van der Waals surface area contributed by atoms with Crippen LogP contribution in [0.5, 0.6) is 0 Å². The molecule has 0 amide bonds. The molecule has 0 fully saturated rings. The van der Waals surface area contributed by atoms with Gasteiger partial charge in [0.25, 0.3) is 0 Å². The number of benzene rings is 2. The molecule has 0 saturated heterocycles. The number of nitrogens with one attached hydrogen (secondary N) is 1. The molecule has 0 aliphatic rings. The third-order valence-corrected chi connectivity index (χ3v) is 5.35. The van der Waals surface area contributed by atoms with E-state index >= 15 is 0 Å². The number of alkyl halides is 4. The van der Waals surface area contributed by atoms with Crippen LogP contribution in [-0.4, -0.2) is 20.1 Å². The Morgan fingerprint density at radius 3 is 2.27 bits per heavy atom. The van der Waals surface area contributed by atoms with Crippen molar-refractivity contribution in [1.29, 1.82) is 0 Å². The Bertz CT molecular complexity index is 871. The van der Waals surface area contributed by atoms with Crippen molar-refractivity contribution >= 4 is 31.6 Å². The third-order valence-electron chi connectivity index (χ3n) is 3.60. The summed E-state index contributed by atoms with van der Waals surface area (Å²) < 4.78 is 61.2. The number of hydrogen-bond acceptors (Lipinski definition) is 4. The van der Waals surface area contributed by atoms with Gasteiger partial charge in [0.2, 0.25) is 10.0 Å². The number of aliphatic hydroxyl groups excluding tert-OH is 1. The normalized spacial score (nSPS) is 13.5. The van der Waals surface area contributed by atoms with E-state index in [9.17, 15) is 26.7 Å². The van der Waals surface area contributed by atoms with E-state index in [0.29, 0.717) is 16.8 Å². The van der Waals surface area contributed by atoms with Crippen molar-refractivity contribution in [1.82, 2.24) is 0 Å². The van der Waals surface area contributed by atoms with E-state index in [2.05, 4.69) is 21.2 Å². The highest BCUT2D eigenvalue weighted by Crippen LogP contribution is 2.31. The van der Waals surface area contributed by atoms with Crippen molar-refractivity contribution in [2.75, 3.05) is 11.9 Å². The Morgan fingerprint density at radius 2 is 1.77 bits per heavy atom. The average molecular weight is 453 g/mol. The summed E-state index contributed by atoms with van der Waals surface area (Å²) in [5.74, 6) is 0. The van der Waals surface area contributed by atoms with Crippen LogP contribution in [0.25, 0.3) is 0 Å². The lowest BCUT2D eigenvalue weighted by molar-refractivity contribution is -0.137. The van der Waals surface area contributed by atoms with E-state index in [0.717, 1.165) is 12.1 Å². The maximum Gasteiger partial charge on any atom is 0.416 e. The summed E-state index contributed by atoms with van der Waals surface area (Å²) >= 11 is 3.17. The van der Waals surface area contributed by atoms with Crippen molar-refractivity contribution < 1.29 is 26.7 Å². The molecular formula is C16H16BrF3N2O3S. The van der Waals surface area contributed by atoms with Crippen molar-refractivity contribution in [3.63, 3.8) is 0 Å². The van der Waals surface area contributed by atoms with Gasteiger partial charge >= 0.3 is 6.18 Å². The maximum absolute atomic E-state index is 12.6. The van der Waals surface area contributed by atoms with E-state index in [4.69, 9.17) is 5.14 Å². The molecule has 142 valence electrons. The van der Waals surface area contributed by atoms with E-state index < -0.39 is 26.6 Å². The first-order valence-electron chi connectivity index (χ1n) is 7.34. The Kier molecular flexibility index (Phi) is 6.33. The minimum atomic E-state index is -4.40. The van der Waals surface area contributed by atoms with Crippen LogP contribution in [0.4, 0.5) is 18.9 Å². The summed E-state index contributed by atoms with van der Waals surface area (Å²) in [6, 6.07) is 9.05. The number of sulfonamides is 1. The number of rotatable bonds is 6. The molecule has 0 radical (unpaired) electrons. The zero-order chi connectivity index (χ0) is 19.5. The molecule has 1 atom stereocenters. The van der Waals surface area contributed by atoms with Gasteiger partial charge in [0.1, 0.15) is 0 Å². The minimum absolute atomic E-state index is 0.147. The lowest BCUT2D eigenvalue weighted by atomic mass is 10.1. The van der Waals surface area contributed by atoms with Crippen LogP contribution in [0.15, 0.2) is 47.4 Å². The first-order chi connectivity index (χ1) is 12.0. The molecule has 0 spiro atoms. The molecular weight excluding hydrogens is 437 g/mol. The summed E-state index contributed by atoms with van der Waals surface area (Å²) in [6.45, 7) is -0.125. The number of hydrogen-bond donors (Lipinski definition) is 3. The second kappa shape index (κ2) is 7.95. The second-order valence-electron chi connectivity index (χ2n) is 5.50. The van der Waals surface area contributed by atoms with Crippen molar-refractivity contribution in [2.45, 2.75) is 22.4 Å². The fourth-order valence-corrected chi connectivity index (χ4v) is 3.64. The molecule has 5 nitrogen and oxygen atoms in total. The lowest BCUT2D eigenvalue weighted by Crippen LogP contribution is -2.16. The van der Waals surface area contributed by atoms with Crippen LogP contribution in [0.2, 0.25) is 0 Å². The summed E-state index contributed by atoms with van der Waals surface area (Å²) in [7, 11) is -4.02. The van der Waals surface area contributed by atoms with Gasteiger partial charge in [-0.1, -0.05) is 34.1 Å². The Hall–Kier alpha value is -1.62. The highest BCUT2D eigenvalue weighted by Gasteiger charge is 2.29. The van der Waals surface area contributed by atoms with Gasteiger partial charge in [0.05, 0.1) is 21.9 Å². The molecule has 0 aromatic heterocycles. The maximum atomic E-state index is 12.6.